The summed E-state index contributed by atoms with van der Waals surface area (Å²) >= 11 is 2.59. The zero-order valence-electron chi connectivity index (χ0n) is 16.4. The van der Waals surface area contributed by atoms with Gasteiger partial charge in [0.15, 0.2) is 4.34 Å². The van der Waals surface area contributed by atoms with Crippen molar-refractivity contribution in [2.45, 2.75) is 48.6 Å². The molecule has 13 heteroatoms. The van der Waals surface area contributed by atoms with Crippen LogP contribution in [0.2, 0.25) is 0 Å². The lowest BCUT2D eigenvalue weighted by molar-refractivity contribution is -0.137. The standard InChI is InChI=1S/C17H21F3N4O3S3/c1-4-10(3)13(14(25)21-15-22-23-16(29-15)28-5-2)24-30(26,27)12-8-6-7-11(9-12)17(18,19)20/h6-10,13,24H,4-5H2,1-3H3,(H,21,22,25). The summed E-state index contributed by atoms with van der Waals surface area (Å²) in [5, 5.41) is 10.5. The number of benzene rings is 1. The van der Waals surface area contributed by atoms with Gasteiger partial charge in [-0.15, -0.1) is 10.2 Å². The molecule has 0 radical (unpaired) electrons. The third-order valence-electron chi connectivity index (χ3n) is 4.15. The Bertz CT molecular complexity index is 980. The van der Waals surface area contributed by atoms with E-state index in [2.05, 4.69) is 20.2 Å². The van der Waals surface area contributed by atoms with E-state index in [1.165, 1.54) is 11.8 Å². The third-order valence-corrected chi connectivity index (χ3v) is 7.45. The number of carbonyl (C=O) groups is 1. The molecule has 2 unspecified atom stereocenters. The predicted octanol–water partition coefficient (Wildman–Crippen LogP) is 4.00. The van der Waals surface area contributed by atoms with E-state index >= 15 is 0 Å². The van der Waals surface area contributed by atoms with E-state index in [0.717, 1.165) is 35.3 Å². The number of rotatable bonds is 9. The molecule has 166 valence electrons. The second-order valence-electron chi connectivity index (χ2n) is 6.31. The number of amides is 1. The van der Waals surface area contributed by atoms with Gasteiger partial charge in [0.2, 0.25) is 21.1 Å². The fourth-order valence-electron chi connectivity index (χ4n) is 2.36. The highest BCUT2D eigenvalue weighted by Crippen LogP contribution is 2.31. The number of sulfonamides is 1. The normalized spacial score (nSPS) is 14.3. The average molecular weight is 483 g/mol. The van der Waals surface area contributed by atoms with Gasteiger partial charge in [0.25, 0.3) is 0 Å². The topological polar surface area (TPSA) is 101 Å². The predicted molar refractivity (Wildman–Crippen MR) is 110 cm³/mol. The largest absolute Gasteiger partial charge is 0.416 e. The fraction of sp³-hybridized carbons (Fsp3) is 0.471. The highest BCUT2D eigenvalue weighted by molar-refractivity contribution is 8.01. The fourth-order valence-corrected chi connectivity index (χ4v) is 5.37. The molecule has 1 aromatic carbocycles. The van der Waals surface area contributed by atoms with Gasteiger partial charge in [-0.25, -0.2) is 8.42 Å². The van der Waals surface area contributed by atoms with Crippen molar-refractivity contribution in [3.05, 3.63) is 29.8 Å². The summed E-state index contributed by atoms with van der Waals surface area (Å²) in [6.07, 6.45) is -4.23. The number of aromatic nitrogens is 2. The van der Waals surface area contributed by atoms with Crippen molar-refractivity contribution in [3.8, 4) is 0 Å². The molecule has 7 nitrogen and oxygen atoms in total. The molecule has 0 aliphatic carbocycles. The molecule has 2 N–H and O–H groups in total. The maximum Gasteiger partial charge on any atom is 0.416 e. The van der Waals surface area contributed by atoms with E-state index < -0.39 is 44.5 Å². The van der Waals surface area contributed by atoms with Gasteiger partial charge >= 0.3 is 6.18 Å². The Labute approximate surface area is 180 Å². The maximum absolute atomic E-state index is 12.9. The van der Waals surface area contributed by atoms with Crippen molar-refractivity contribution in [3.63, 3.8) is 0 Å². The molecule has 1 heterocycles. The lowest BCUT2D eigenvalue weighted by Gasteiger charge is -2.23. The Morgan fingerprint density at radius 2 is 1.97 bits per heavy atom. The first-order chi connectivity index (χ1) is 14.0. The van der Waals surface area contributed by atoms with Gasteiger partial charge in [-0.3, -0.25) is 10.1 Å². The van der Waals surface area contributed by atoms with Crippen LogP contribution in [0.4, 0.5) is 18.3 Å². The van der Waals surface area contributed by atoms with Crippen LogP contribution in [0, 0.1) is 5.92 Å². The number of hydrogen-bond donors (Lipinski definition) is 2. The molecule has 0 spiro atoms. The molecule has 0 aliphatic heterocycles. The number of hydrogen-bond acceptors (Lipinski definition) is 7. The first-order valence-corrected chi connectivity index (χ1v) is 12.2. The minimum Gasteiger partial charge on any atom is -0.299 e. The van der Waals surface area contributed by atoms with Crippen LogP contribution in [0.25, 0.3) is 0 Å². The minimum atomic E-state index is -4.69. The number of alkyl halides is 3. The summed E-state index contributed by atoms with van der Waals surface area (Å²) in [4.78, 5) is 12.2. The molecule has 0 saturated heterocycles. The van der Waals surface area contributed by atoms with E-state index in [1.54, 1.807) is 13.8 Å². The monoisotopic (exact) mass is 482 g/mol. The van der Waals surface area contributed by atoms with Gasteiger partial charge in [-0.1, -0.05) is 56.4 Å². The summed E-state index contributed by atoms with van der Waals surface area (Å²) in [6, 6.07) is 2.15. The van der Waals surface area contributed by atoms with Crippen LogP contribution in [0.5, 0.6) is 0 Å². The van der Waals surface area contributed by atoms with Gasteiger partial charge in [-0.2, -0.15) is 17.9 Å². The van der Waals surface area contributed by atoms with E-state index in [4.69, 9.17) is 0 Å². The Hall–Kier alpha value is -1.70. The summed E-state index contributed by atoms with van der Waals surface area (Å²) < 4.78 is 67.1. The highest BCUT2D eigenvalue weighted by Gasteiger charge is 2.34. The Kier molecular flexibility index (Phi) is 8.25. The molecule has 2 rings (SSSR count). The molecule has 0 bridgehead atoms. The van der Waals surface area contributed by atoms with Crippen molar-refractivity contribution < 1.29 is 26.4 Å². The first-order valence-electron chi connectivity index (χ1n) is 8.94. The molecule has 2 atom stereocenters. The highest BCUT2D eigenvalue weighted by atomic mass is 32.2. The van der Waals surface area contributed by atoms with Crippen molar-refractivity contribution in [1.29, 1.82) is 0 Å². The molecule has 0 aliphatic rings. The van der Waals surface area contributed by atoms with Crippen molar-refractivity contribution in [1.82, 2.24) is 14.9 Å². The Balaban J connectivity index is 2.25. The van der Waals surface area contributed by atoms with Gasteiger partial charge in [-0.05, 0) is 29.9 Å². The van der Waals surface area contributed by atoms with Crippen LogP contribution in [-0.2, 0) is 21.0 Å². The average Bonchev–Trinajstić information content (AvgIpc) is 3.12. The number of carbonyl (C=O) groups excluding carboxylic acids is 1. The number of halogens is 3. The zero-order valence-corrected chi connectivity index (χ0v) is 18.8. The lowest BCUT2D eigenvalue weighted by atomic mass is 9.99. The van der Waals surface area contributed by atoms with Crippen LogP contribution in [0.1, 0.15) is 32.8 Å². The van der Waals surface area contributed by atoms with E-state index in [1.807, 2.05) is 6.92 Å². The van der Waals surface area contributed by atoms with Gasteiger partial charge in [0.05, 0.1) is 10.5 Å². The quantitative estimate of drug-likeness (QED) is 0.414. The smallest absolute Gasteiger partial charge is 0.299 e. The van der Waals surface area contributed by atoms with Gasteiger partial charge in [0.1, 0.15) is 6.04 Å². The second-order valence-corrected chi connectivity index (χ2v) is 10.5. The van der Waals surface area contributed by atoms with Crippen molar-refractivity contribution in [2.24, 2.45) is 5.92 Å². The first kappa shape index (κ1) is 24.6. The van der Waals surface area contributed by atoms with Crippen molar-refractivity contribution in [2.75, 3.05) is 11.1 Å². The van der Waals surface area contributed by atoms with Gasteiger partial charge < -0.3 is 0 Å². The minimum absolute atomic E-state index is 0.211. The number of nitrogens with one attached hydrogen (secondary N) is 2. The molecule has 1 aromatic heterocycles. The van der Waals surface area contributed by atoms with Crippen LogP contribution in [0.15, 0.2) is 33.5 Å². The molecule has 0 fully saturated rings. The molecular formula is C17H21F3N4O3S3. The number of nitrogens with zero attached hydrogens (tertiary/aromatic N) is 2. The molecule has 1 amide bonds. The maximum atomic E-state index is 12.9. The summed E-state index contributed by atoms with van der Waals surface area (Å²) in [5.41, 5.74) is -1.09. The Morgan fingerprint density at radius 3 is 2.57 bits per heavy atom. The molecule has 2 aromatic rings. The summed E-state index contributed by atoms with van der Waals surface area (Å²) in [5.74, 6) is -0.318. The molecular weight excluding hydrogens is 461 g/mol. The van der Waals surface area contributed by atoms with Crippen LogP contribution in [0.3, 0.4) is 0 Å². The Morgan fingerprint density at radius 1 is 1.27 bits per heavy atom. The SMILES string of the molecule is CCSc1nnc(NC(=O)C(NS(=O)(=O)c2cccc(C(F)(F)F)c2)C(C)CC)s1. The molecule has 30 heavy (non-hydrogen) atoms. The van der Waals surface area contributed by atoms with Gasteiger partial charge in [0, 0.05) is 0 Å². The number of thioether (sulfide) groups is 1. The molecule has 0 saturated carbocycles. The lowest BCUT2D eigenvalue weighted by Crippen LogP contribution is -2.47. The van der Waals surface area contributed by atoms with Crippen LogP contribution < -0.4 is 10.0 Å². The zero-order chi connectivity index (χ0) is 22.5. The van der Waals surface area contributed by atoms with Crippen LogP contribution in [-0.4, -0.2) is 36.3 Å². The summed E-state index contributed by atoms with van der Waals surface area (Å²) in [6.45, 7) is 5.37. The van der Waals surface area contributed by atoms with Crippen LogP contribution >= 0.6 is 23.1 Å². The second kappa shape index (κ2) is 10.1. The van der Waals surface area contributed by atoms with E-state index in [-0.39, 0.29) is 5.13 Å². The summed E-state index contributed by atoms with van der Waals surface area (Å²) in [7, 11) is -4.39. The van der Waals surface area contributed by atoms with E-state index in [0.29, 0.717) is 16.8 Å². The third kappa shape index (κ3) is 6.40. The van der Waals surface area contributed by atoms with E-state index in [9.17, 15) is 26.4 Å². The van der Waals surface area contributed by atoms with Crippen molar-refractivity contribution >= 4 is 44.2 Å². The number of anilines is 1.